The van der Waals surface area contributed by atoms with Gasteiger partial charge < -0.3 is 19.9 Å². The number of nitrogens with zero attached hydrogens (tertiary/aromatic N) is 1. The highest BCUT2D eigenvalue weighted by molar-refractivity contribution is 5.92. The Kier molecular flexibility index (Phi) is 2.90. The minimum absolute atomic E-state index is 0.190. The van der Waals surface area contributed by atoms with Gasteiger partial charge in [0.2, 0.25) is 12.7 Å². The van der Waals surface area contributed by atoms with Crippen molar-refractivity contribution in [1.29, 1.82) is 0 Å². The normalized spacial score (nSPS) is 12.2. The molecular formula is C14H12N2O4. The number of carbonyl (C=O) groups excluding carboxylic acids is 1. The van der Waals surface area contributed by atoms with Gasteiger partial charge in [-0.2, -0.15) is 0 Å². The SMILES string of the molecule is COc1cc2c(cc1-c1ccc(C(N)=O)cn1)OCO2. The number of fused-ring (bicyclic) bond motifs is 1. The maximum absolute atomic E-state index is 11.0. The summed E-state index contributed by atoms with van der Waals surface area (Å²) in [5, 5.41) is 0. The highest BCUT2D eigenvalue weighted by Crippen LogP contribution is 2.41. The number of nitrogens with two attached hydrogens (primary N) is 1. The van der Waals surface area contributed by atoms with Crippen LogP contribution in [0.2, 0.25) is 0 Å². The van der Waals surface area contributed by atoms with Crippen LogP contribution in [-0.2, 0) is 0 Å². The van der Waals surface area contributed by atoms with Crippen molar-refractivity contribution < 1.29 is 19.0 Å². The quantitative estimate of drug-likeness (QED) is 0.917. The molecule has 1 aromatic heterocycles. The summed E-state index contributed by atoms with van der Waals surface area (Å²) in [6, 6.07) is 6.88. The molecule has 2 heterocycles. The van der Waals surface area contributed by atoms with E-state index in [4.69, 9.17) is 19.9 Å². The van der Waals surface area contributed by atoms with E-state index in [1.54, 1.807) is 31.4 Å². The van der Waals surface area contributed by atoms with Gasteiger partial charge in [0.15, 0.2) is 11.5 Å². The van der Waals surface area contributed by atoms with Crippen LogP contribution in [-0.4, -0.2) is 24.8 Å². The predicted molar refractivity (Wildman–Crippen MR) is 70.9 cm³/mol. The third-order valence-corrected chi connectivity index (χ3v) is 3.02. The molecule has 0 fully saturated rings. The van der Waals surface area contributed by atoms with Crippen LogP contribution in [0.25, 0.3) is 11.3 Å². The van der Waals surface area contributed by atoms with Crippen LogP contribution in [0.15, 0.2) is 30.5 Å². The lowest BCUT2D eigenvalue weighted by molar-refractivity contribution is 0.1000. The number of ether oxygens (including phenoxy) is 3. The highest BCUT2D eigenvalue weighted by Gasteiger charge is 2.19. The number of methoxy groups -OCH3 is 1. The van der Waals surface area contributed by atoms with E-state index in [0.717, 1.165) is 5.56 Å². The van der Waals surface area contributed by atoms with E-state index in [-0.39, 0.29) is 6.79 Å². The Morgan fingerprint density at radius 2 is 2.05 bits per heavy atom. The molecule has 102 valence electrons. The molecule has 0 saturated heterocycles. The summed E-state index contributed by atoms with van der Waals surface area (Å²) < 4.78 is 16.0. The van der Waals surface area contributed by atoms with Gasteiger partial charge in [0.05, 0.1) is 18.4 Å². The zero-order valence-corrected chi connectivity index (χ0v) is 10.8. The van der Waals surface area contributed by atoms with Gasteiger partial charge in [-0.1, -0.05) is 0 Å². The maximum atomic E-state index is 11.0. The lowest BCUT2D eigenvalue weighted by Gasteiger charge is -2.09. The molecule has 1 aromatic carbocycles. The van der Waals surface area contributed by atoms with Crippen LogP contribution in [0.5, 0.6) is 17.2 Å². The first-order chi connectivity index (χ1) is 9.69. The molecule has 1 amide bonds. The van der Waals surface area contributed by atoms with Crippen LogP contribution in [0.1, 0.15) is 10.4 Å². The minimum atomic E-state index is -0.512. The van der Waals surface area contributed by atoms with E-state index < -0.39 is 5.91 Å². The molecule has 0 unspecified atom stereocenters. The smallest absolute Gasteiger partial charge is 0.250 e. The number of benzene rings is 1. The van der Waals surface area contributed by atoms with E-state index in [1.165, 1.54) is 6.20 Å². The first-order valence-corrected chi connectivity index (χ1v) is 5.93. The summed E-state index contributed by atoms with van der Waals surface area (Å²) in [6.45, 7) is 0.190. The molecular weight excluding hydrogens is 260 g/mol. The van der Waals surface area contributed by atoms with Crippen molar-refractivity contribution in [2.45, 2.75) is 0 Å². The van der Waals surface area contributed by atoms with Gasteiger partial charge in [0.1, 0.15) is 5.75 Å². The second-order valence-corrected chi connectivity index (χ2v) is 4.20. The van der Waals surface area contributed by atoms with Crippen LogP contribution >= 0.6 is 0 Å². The van der Waals surface area contributed by atoms with Crippen molar-refractivity contribution in [3.63, 3.8) is 0 Å². The summed E-state index contributed by atoms with van der Waals surface area (Å²) in [7, 11) is 1.57. The molecule has 6 heteroatoms. The van der Waals surface area contributed by atoms with E-state index in [0.29, 0.717) is 28.5 Å². The van der Waals surface area contributed by atoms with Crippen molar-refractivity contribution in [3.8, 4) is 28.5 Å². The molecule has 0 saturated carbocycles. The van der Waals surface area contributed by atoms with Gasteiger partial charge >= 0.3 is 0 Å². The summed E-state index contributed by atoms with van der Waals surface area (Å²) in [6.07, 6.45) is 1.43. The van der Waals surface area contributed by atoms with Crippen molar-refractivity contribution in [1.82, 2.24) is 4.98 Å². The lowest BCUT2D eigenvalue weighted by atomic mass is 10.1. The third kappa shape index (κ3) is 2.01. The molecule has 0 atom stereocenters. The molecule has 6 nitrogen and oxygen atoms in total. The molecule has 1 aliphatic heterocycles. The second kappa shape index (κ2) is 4.73. The largest absolute Gasteiger partial charge is 0.496 e. The van der Waals surface area contributed by atoms with Gasteiger partial charge in [-0.3, -0.25) is 9.78 Å². The first kappa shape index (κ1) is 12.3. The first-order valence-electron chi connectivity index (χ1n) is 5.93. The van der Waals surface area contributed by atoms with Crippen LogP contribution in [0.4, 0.5) is 0 Å². The fourth-order valence-corrected chi connectivity index (χ4v) is 1.99. The number of carbonyl (C=O) groups is 1. The van der Waals surface area contributed by atoms with E-state index in [9.17, 15) is 4.79 Å². The van der Waals surface area contributed by atoms with E-state index in [1.807, 2.05) is 0 Å². The highest BCUT2D eigenvalue weighted by atomic mass is 16.7. The number of rotatable bonds is 3. The standard InChI is InChI=1S/C14H12N2O4/c1-18-11-5-13-12(19-7-20-13)4-9(11)10-3-2-8(6-16-10)14(15)17/h2-6H,7H2,1H3,(H2,15,17). The number of hydrogen-bond donors (Lipinski definition) is 1. The Hall–Kier alpha value is -2.76. The fourth-order valence-electron chi connectivity index (χ4n) is 1.99. The Bertz CT molecular complexity index is 668. The Morgan fingerprint density at radius 3 is 2.65 bits per heavy atom. The summed E-state index contributed by atoms with van der Waals surface area (Å²) in [4.78, 5) is 15.3. The fraction of sp³-hybridized carbons (Fsp3) is 0.143. The second-order valence-electron chi connectivity index (χ2n) is 4.20. The third-order valence-electron chi connectivity index (χ3n) is 3.02. The lowest BCUT2D eigenvalue weighted by Crippen LogP contribution is -2.11. The topological polar surface area (TPSA) is 83.7 Å². The predicted octanol–water partition coefficient (Wildman–Crippen LogP) is 1.58. The van der Waals surface area contributed by atoms with E-state index >= 15 is 0 Å². The summed E-state index contributed by atoms with van der Waals surface area (Å²) in [5.74, 6) is 1.39. The van der Waals surface area contributed by atoms with Crippen molar-refractivity contribution >= 4 is 5.91 Å². The van der Waals surface area contributed by atoms with Gasteiger partial charge in [-0.25, -0.2) is 0 Å². The Labute approximate surface area is 115 Å². The van der Waals surface area contributed by atoms with Crippen molar-refractivity contribution in [2.24, 2.45) is 5.73 Å². The molecule has 0 spiro atoms. The summed E-state index contributed by atoms with van der Waals surface area (Å²) in [5.41, 5.74) is 6.96. The number of aromatic nitrogens is 1. The molecule has 20 heavy (non-hydrogen) atoms. The van der Waals surface area contributed by atoms with Gasteiger partial charge in [0, 0.05) is 17.8 Å². The van der Waals surface area contributed by atoms with Crippen LogP contribution < -0.4 is 19.9 Å². The average molecular weight is 272 g/mol. The number of amides is 1. The van der Waals surface area contributed by atoms with Crippen LogP contribution in [0.3, 0.4) is 0 Å². The zero-order chi connectivity index (χ0) is 14.1. The van der Waals surface area contributed by atoms with Gasteiger partial charge in [-0.05, 0) is 18.2 Å². The molecule has 3 rings (SSSR count). The van der Waals surface area contributed by atoms with Gasteiger partial charge in [0.25, 0.3) is 0 Å². The molecule has 0 aliphatic carbocycles. The molecule has 0 bridgehead atoms. The maximum Gasteiger partial charge on any atom is 0.250 e. The van der Waals surface area contributed by atoms with Crippen molar-refractivity contribution in [2.75, 3.05) is 13.9 Å². The zero-order valence-electron chi connectivity index (χ0n) is 10.8. The average Bonchev–Trinajstić information content (AvgIpc) is 2.93. The number of pyridine rings is 1. The molecule has 2 aromatic rings. The monoisotopic (exact) mass is 272 g/mol. The number of hydrogen-bond acceptors (Lipinski definition) is 5. The Morgan fingerprint density at radius 1 is 1.30 bits per heavy atom. The summed E-state index contributed by atoms with van der Waals surface area (Å²) >= 11 is 0. The molecule has 1 aliphatic rings. The van der Waals surface area contributed by atoms with Gasteiger partial charge in [-0.15, -0.1) is 0 Å². The minimum Gasteiger partial charge on any atom is -0.496 e. The van der Waals surface area contributed by atoms with E-state index in [2.05, 4.69) is 4.98 Å². The van der Waals surface area contributed by atoms with Crippen molar-refractivity contribution in [3.05, 3.63) is 36.0 Å². The Balaban J connectivity index is 2.06. The van der Waals surface area contributed by atoms with Crippen LogP contribution in [0, 0.1) is 0 Å². The molecule has 2 N–H and O–H groups in total. The molecule has 0 radical (unpaired) electrons. The number of primary amides is 1.